The Bertz CT molecular complexity index is 2030. The number of amides is 3. The number of hydrogen-bond acceptors (Lipinski definition) is 20. The topological polar surface area (TPSA) is 289 Å². The molecule has 0 aromatic carbocycles. The van der Waals surface area contributed by atoms with Gasteiger partial charge < -0.3 is 57.8 Å². The van der Waals surface area contributed by atoms with Crippen LogP contribution in [0.1, 0.15) is 121 Å². The molecule has 0 aliphatic rings. The molecule has 0 atom stereocenters. The van der Waals surface area contributed by atoms with Gasteiger partial charge >= 0.3 is 29.6 Å². The van der Waals surface area contributed by atoms with Crippen LogP contribution in [0.5, 0.6) is 0 Å². The zero-order valence-electron chi connectivity index (χ0n) is 44.6. The van der Waals surface area contributed by atoms with Gasteiger partial charge in [0.2, 0.25) is 19.2 Å². The second-order valence-electron chi connectivity index (χ2n) is 15.4. The van der Waals surface area contributed by atoms with Crippen molar-refractivity contribution in [2.45, 2.75) is 128 Å². The van der Waals surface area contributed by atoms with Crippen LogP contribution in [0, 0.1) is 20.8 Å². The summed E-state index contributed by atoms with van der Waals surface area (Å²) in [6.45, 7) is 18.3. The van der Waals surface area contributed by atoms with E-state index in [0.29, 0.717) is 65.8 Å². The van der Waals surface area contributed by atoms with Gasteiger partial charge in [-0.2, -0.15) is 0 Å². The fourth-order valence-corrected chi connectivity index (χ4v) is 13.4. The monoisotopic (exact) mass is 1150 g/mol. The number of aliphatic hydroxyl groups is 4. The number of aryl methyl sites for hydroxylation is 3. The van der Waals surface area contributed by atoms with Gasteiger partial charge in [-0.1, -0.05) is 111 Å². The van der Waals surface area contributed by atoms with E-state index in [0.717, 1.165) is 81.6 Å². The Labute approximate surface area is 488 Å². The van der Waals surface area contributed by atoms with Crippen LogP contribution in [0.3, 0.4) is 0 Å². The van der Waals surface area contributed by atoms with E-state index in [1.807, 2.05) is 85.7 Å². The predicted octanol–water partition coefficient (Wildman–Crippen LogP) is 7.08. The fraction of sp³-hybridized carbons (Fsp3) is 0.520. The largest absolute Gasteiger partial charge is 1.00 e. The van der Waals surface area contributed by atoms with Crippen LogP contribution in [-0.2, 0) is 34.0 Å². The summed E-state index contributed by atoms with van der Waals surface area (Å²) < 4.78 is 0. The van der Waals surface area contributed by atoms with E-state index in [4.69, 9.17) is 22.3 Å². The molecule has 0 saturated carbocycles. The molecule has 0 aliphatic heterocycles. The predicted molar refractivity (Wildman–Crippen MR) is 316 cm³/mol. The quantitative estimate of drug-likeness (QED) is 0.0152. The summed E-state index contributed by atoms with van der Waals surface area (Å²) in [5, 5.41) is 35.7. The van der Waals surface area contributed by atoms with Crippen LogP contribution in [0.2, 0.25) is 0 Å². The van der Waals surface area contributed by atoms with Gasteiger partial charge in [0.15, 0.2) is 0 Å². The summed E-state index contributed by atoms with van der Waals surface area (Å²) in [4.78, 5) is 55.5. The third-order valence-corrected chi connectivity index (χ3v) is 18.3. The smallest absolute Gasteiger partial charge is 0.870 e. The van der Waals surface area contributed by atoms with Crippen molar-refractivity contribution in [3.63, 3.8) is 0 Å². The molecule has 74 heavy (non-hydrogen) atoms. The molecule has 0 unspecified atom stereocenters. The molecule has 3 heterocycles. The molecule has 3 amide bonds. The molecule has 0 fully saturated rings. The van der Waals surface area contributed by atoms with Gasteiger partial charge in [-0.05, 0) is 79.0 Å². The summed E-state index contributed by atoms with van der Waals surface area (Å²) in [5.41, 5.74) is 24.9. The standard InChI is InChI=1S/C26H36N6O4S2.C16H25N3O2S2.C6H14S2.CH4O.CH4.Na.H2O/c1-17-5-7-21(25(27)29-17)13-31(15-35)19(3)23(9-11-33)37-38-24(10-12-34)20(4)32(16-36)14-22-8-6-18(2)30-26(22)28;1-4-9-22-23-15(7-8-20)13(3)19(11-21)10-14-6-5-12(2)18-16(14)17;1-3-5-7-8-6-4-2;1-2;;;/h5-8,15-16,33-34H,9-14H2,1-4H3,(H2,27,29)(H2,28,30);5-6,11,20H,4,7-10H2,1-3H3,(H2,17,18);3-6H2,1-2H3;2H,1H3;1H4;;1H2/q;;;;;+1;/p-1/b23-19-,24-20-;15-13-;;;;;. The molecule has 11 N–H and O–H groups in total. The average molecular weight is 1150 g/mol. The van der Waals surface area contributed by atoms with E-state index >= 15 is 0 Å². The van der Waals surface area contributed by atoms with Gasteiger partial charge in [0.1, 0.15) is 17.5 Å². The second kappa shape index (κ2) is 47.6. The minimum absolute atomic E-state index is 0. The molecule has 414 valence electrons. The minimum Gasteiger partial charge on any atom is -0.870 e. The summed E-state index contributed by atoms with van der Waals surface area (Å²) in [5.74, 6) is 4.81. The number of nitrogens with zero attached hydrogens (tertiary/aromatic N) is 6. The normalized spacial score (nSPS) is 11.3. The zero-order valence-corrected chi connectivity index (χ0v) is 51.5. The second-order valence-corrected chi connectivity index (χ2v) is 22.9. The van der Waals surface area contributed by atoms with Gasteiger partial charge in [0, 0.05) is 129 Å². The number of allylic oxidation sites excluding steroid dienone is 3. The molecule has 3 rings (SSSR count). The first-order valence-corrected chi connectivity index (χ1v) is 30.1. The van der Waals surface area contributed by atoms with Crippen molar-refractivity contribution in [2.24, 2.45) is 0 Å². The Morgan fingerprint density at radius 3 is 1.00 bits per heavy atom. The van der Waals surface area contributed by atoms with Gasteiger partial charge in [0.05, 0.1) is 19.6 Å². The van der Waals surface area contributed by atoms with Crippen molar-refractivity contribution in [3.05, 3.63) is 102 Å². The van der Waals surface area contributed by atoms with E-state index in [-0.39, 0.29) is 75.4 Å². The number of hydrogen-bond donors (Lipinski definition) is 7. The number of rotatable bonds is 30. The Hall–Kier alpha value is -2.62. The Kier molecular flexibility index (Phi) is 50.1. The van der Waals surface area contributed by atoms with Crippen LogP contribution < -0.4 is 46.8 Å². The summed E-state index contributed by atoms with van der Waals surface area (Å²) in [7, 11) is 11.1. The van der Waals surface area contributed by atoms with Crippen LogP contribution in [0.25, 0.3) is 0 Å². The van der Waals surface area contributed by atoms with Crippen molar-refractivity contribution in [1.82, 2.24) is 29.7 Å². The molecule has 0 bridgehead atoms. The van der Waals surface area contributed by atoms with Crippen LogP contribution >= 0.6 is 64.8 Å². The number of carbonyl (C=O) groups is 3. The third-order valence-electron chi connectivity index (χ3n) is 9.73. The molecule has 24 heteroatoms. The summed E-state index contributed by atoms with van der Waals surface area (Å²) in [6, 6.07) is 11.1. The van der Waals surface area contributed by atoms with E-state index in [1.54, 1.807) is 40.3 Å². The first-order valence-electron chi connectivity index (χ1n) is 23.2. The fourth-order valence-electron chi connectivity index (χ4n) is 5.69. The number of carbonyl (C=O) groups excluding carboxylic acids is 3. The summed E-state index contributed by atoms with van der Waals surface area (Å²) in [6.07, 6.45) is 7.14. The molecular weight excluding hydrogens is 1070 g/mol. The van der Waals surface area contributed by atoms with Gasteiger partial charge in [-0.25, -0.2) is 15.0 Å². The van der Waals surface area contributed by atoms with E-state index < -0.39 is 0 Å². The number of aliphatic hydroxyl groups excluding tert-OH is 4. The van der Waals surface area contributed by atoms with Crippen molar-refractivity contribution >= 4 is 101 Å². The van der Waals surface area contributed by atoms with Gasteiger partial charge in [0.25, 0.3) is 0 Å². The first-order chi connectivity index (χ1) is 34.1. The summed E-state index contributed by atoms with van der Waals surface area (Å²) >= 11 is 0. The maximum absolute atomic E-state index is 12.0. The average Bonchev–Trinajstić information content (AvgIpc) is 3.35. The number of nitrogen functional groups attached to an aromatic ring is 3. The van der Waals surface area contributed by atoms with Crippen LogP contribution in [0.4, 0.5) is 17.5 Å². The maximum atomic E-state index is 12.0. The van der Waals surface area contributed by atoms with Crippen LogP contribution in [0.15, 0.2) is 68.2 Å². The van der Waals surface area contributed by atoms with Crippen molar-refractivity contribution in [3.8, 4) is 0 Å². The van der Waals surface area contributed by atoms with Crippen molar-refractivity contribution in [2.75, 3.05) is 61.4 Å². The molecule has 3 aromatic rings. The van der Waals surface area contributed by atoms with E-state index in [2.05, 4.69) is 35.7 Å². The third kappa shape index (κ3) is 31.0. The van der Waals surface area contributed by atoms with Crippen LogP contribution in [-0.4, -0.2) is 119 Å². The number of aromatic nitrogens is 3. The Morgan fingerprint density at radius 2 is 0.770 bits per heavy atom. The number of nitrogens with two attached hydrogens (primary N) is 3. The number of pyridine rings is 3. The van der Waals surface area contributed by atoms with E-state index in [1.165, 1.54) is 55.7 Å². The van der Waals surface area contributed by atoms with Gasteiger partial charge in [-0.15, -0.1) is 0 Å². The molecule has 0 radical (unpaired) electrons. The maximum Gasteiger partial charge on any atom is 1.00 e. The van der Waals surface area contributed by atoms with E-state index in [9.17, 15) is 29.7 Å². The molecular formula is C50H84N9NaO8S6. The first kappa shape index (κ1) is 77.9. The van der Waals surface area contributed by atoms with Crippen molar-refractivity contribution < 1.29 is 69.8 Å². The molecule has 17 nitrogen and oxygen atoms in total. The molecule has 0 spiro atoms. The zero-order chi connectivity index (χ0) is 53.7. The Morgan fingerprint density at radius 1 is 0.514 bits per heavy atom. The molecule has 0 saturated heterocycles. The van der Waals surface area contributed by atoms with Gasteiger partial charge in [-0.3, -0.25) is 14.4 Å². The number of anilines is 3. The minimum atomic E-state index is -0.112. The molecule has 3 aromatic heterocycles. The SMILES string of the molecule is C.C/C(=C(\CCO)SS/C(CCO)=C(/C)N(C=O)Cc1ccc(C)nc1N)N(C=O)Cc1ccc(C)nc1N.CCCSS/C(CCO)=C(/C)N(C=O)Cc1ccc(C)nc1N.CCCSSCCC.CO.[Na+].[OH-]. The Balaban J connectivity index is -0.000000579. The van der Waals surface area contributed by atoms with Crippen molar-refractivity contribution in [1.29, 1.82) is 0 Å². The molecule has 0 aliphatic carbocycles.